The summed E-state index contributed by atoms with van der Waals surface area (Å²) in [5.74, 6) is -0.778. The molecular formula is C27H15F3N6O6. The van der Waals surface area contributed by atoms with Crippen LogP contribution in [0.5, 0.6) is 11.6 Å². The molecule has 0 saturated carbocycles. The quantitative estimate of drug-likeness (QED) is 0.130. The number of ether oxygens (including phenoxy) is 1. The van der Waals surface area contributed by atoms with Gasteiger partial charge in [0.2, 0.25) is 11.6 Å². The minimum Gasteiger partial charge on any atom is -0.431 e. The fourth-order valence-electron chi connectivity index (χ4n) is 3.92. The van der Waals surface area contributed by atoms with Crippen LogP contribution in [0.15, 0.2) is 95.0 Å². The summed E-state index contributed by atoms with van der Waals surface area (Å²) in [6.45, 7) is 0. The molecule has 0 aliphatic heterocycles. The van der Waals surface area contributed by atoms with Gasteiger partial charge in [0, 0.05) is 29.3 Å². The number of pyridine rings is 1. The fraction of sp³-hybridized carbons (Fsp3) is 0.0370. The molecular weight excluding hydrogens is 561 g/mol. The fourth-order valence-corrected chi connectivity index (χ4v) is 3.92. The molecule has 210 valence electrons. The average Bonchev–Trinajstić information content (AvgIpc) is 2.97. The summed E-state index contributed by atoms with van der Waals surface area (Å²) >= 11 is 0. The molecule has 5 aromatic rings. The van der Waals surface area contributed by atoms with Crippen molar-refractivity contribution in [2.75, 3.05) is 0 Å². The third-order valence-electron chi connectivity index (χ3n) is 5.87. The minimum absolute atomic E-state index is 0.0144. The van der Waals surface area contributed by atoms with Crippen LogP contribution in [-0.2, 0) is 6.18 Å². The van der Waals surface area contributed by atoms with Crippen molar-refractivity contribution in [3.8, 4) is 23.0 Å². The Balaban J connectivity index is 1.66. The van der Waals surface area contributed by atoms with Crippen LogP contribution in [0.2, 0.25) is 0 Å². The van der Waals surface area contributed by atoms with Crippen LogP contribution in [0.25, 0.3) is 22.3 Å². The number of nitro benzene ring substituents is 1. The molecule has 0 saturated heterocycles. The largest absolute Gasteiger partial charge is 0.431 e. The summed E-state index contributed by atoms with van der Waals surface area (Å²) in [7, 11) is 0. The highest BCUT2D eigenvalue weighted by Crippen LogP contribution is 2.34. The number of rotatable bonds is 7. The van der Waals surface area contributed by atoms with Gasteiger partial charge in [0.15, 0.2) is 5.82 Å². The SMILES string of the molecule is O=c1c2ccccc2nc(-c2cccc(C(F)(F)F)c2)n1N=Cc1cccc([N+](=O)[O-])c1Oc1ccc([N+](=O)[O-])cn1. The molecule has 0 unspecified atom stereocenters. The number of hydrogen-bond donors (Lipinski definition) is 0. The van der Waals surface area contributed by atoms with E-state index in [1.165, 1.54) is 30.3 Å². The Hall–Kier alpha value is -5.99. The van der Waals surface area contributed by atoms with Crippen molar-refractivity contribution in [1.29, 1.82) is 0 Å². The zero-order valence-corrected chi connectivity index (χ0v) is 20.9. The third kappa shape index (κ3) is 5.51. The van der Waals surface area contributed by atoms with E-state index in [0.29, 0.717) is 0 Å². The molecule has 0 radical (unpaired) electrons. The number of aromatic nitrogens is 3. The van der Waals surface area contributed by atoms with E-state index < -0.39 is 32.8 Å². The van der Waals surface area contributed by atoms with Gasteiger partial charge in [-0.15, -0.1) is 0 Å². The van der Waals surface area contributed by atoms with Gasteiger partial charge in [-0.25, -0.2) is 9.97 Å². The Kier molecular flexibility index (Phi) is 7.14. The zero-order chi connectivity index (χ0) is 30.0. The zero-order valence-electron chi connectivity index (χ0n) is 20.9. The molecule has 0 atom stereocenters. The van der Waals surface area contributed by atoms with Crippen LogP contribution < -0.4 is 10.3 Å². The second-order valence-corrected chi connectivity index (χ2v) is 8.56. The Morgan fingerprint density at radius 1 is 0.929 bits per heavy atom. The van der Waals surface area contributed by atoms with Gasteiger partial charge in [-0.05, 0) is 30.3 Å². The lowest BCUT2D eigenvalue weighted by molar-refractivity contribution is -0.385. The van der Waals surface area contributed by atoms with Crippen molar-refractivity contribution in [3.63, 3.8) is 0 Å². The smallest absolute Gasteiger partial charge is 0.416 e. The van der Waals surface area contributed by atoms with Crippen LogP contribution in [0.3, 0.4) is 0 Å². The maximum atomic E-state index is 13.4. The monoisotopic (exact) mass is 576 g/mol. The normalized spacial score (nSPS) is 11.6. The lowest BCUT2D eigenvalue weighted by Gasteiger charge is -2.12. The van der Waals surface area contributed by atoms with Crippen molar-refractivity contribution in [1.82, 2.24) is 14.6 Å². The van der Waals surface area contributed by atoms with Crippen molar-refractivity contribution >= 4 is 28.5 Å². The molecule has 3 aromatic carbocycles. The molecule has 42 heavy (non-hydrogen) atoms. The van der Waals surface area contributed by atoms with Gasteiger partial charge in [0.05, 0.1) is 32.5 Å². The van der Waals surface area contributed by atoms with E-state index in [1.54, 1.807) is 12.1 Å². The summed E-state index contributed by atoms with van der Waals surface area (Å²) in [6, 6.07) is 16.4. The molecule has 12 nitrogen and oxygen atoms in total. The highest BCUT2D eigenvalue weighted by Gasteiger charge is 2.31. The maximum absolute atomic E-state index is 13.4. The van der Waals surface area contributed by atoms with E-state index in [4.69, 9.17) is 4.74 Å². The van der Waals surface area contributed by atoms with E-state index in [0.717, 1.165) is 53.5 Å². The van der Waals surface area contributed by atoms with Crippen LogP contribution in [-0.4, -0.2) is 30.7 Å². The lowest BCUT2D eigenvalue weighted by atomic mass is 10.1. The second kappa shape index (κ2) is 10.9. The summed E-state index contributed by atoms with van der Waals surface area (Å²) in [5.41, 5.74) is -2.39. The van der Waals surface area contributed by atoms with Gasteiger partial charge < -0.3 is 4.74 Å². The molecule has 2 heterocycles. The predicted molar refractivity (Wildman–Crippen MR) is 143 cm³/mol. The number of fused-ring (bicyclic) bond motifs is 1. The Morgan fingerprint density at radius 3 is 2.38 bits per heavy atom. The van der Waals surface area contributed by atoms with Gasteiger partial charge in [-0.1, -0.05) is 30.3 Å². The minimum atomic E-state index is -4.66. The molecule has 0 N–H and O–H groups in total. The van der Waals surface area contributed by atoms with Gasteiger partial charge >= 0.3 is 11.9 Å². The van der Waals surface area contributed by atoms with Crippen molar-refractivity contribution in [3.05, 3.63) is 127 Å². The molecule has 0 aliphatic carbocycles. The van der Waals surface area contributed by atoms with Crippen LogP contribution in [0.4, 0.5) is 24.5 Å². The number of benzene rings is 3. The van der Waals surface area contributed by atoms with Crippen molar-refractivity contribution < 1.29 is 27.8 Å². The summed E-state index contributed by atoms with van der Waals surface area (Å²) in [6.07, 6.45) is -2.72. The molecule has 0 fully saturated rings. The standard InChI is InChI=1S/C27H15F3N6O6/c28-27(29,30)18-7-3-5-16(13-18)25-33-21-9-2-1-8-20(21)26(37)34(25)32-14-17-6-4-10-22(36(40)41)24(17)42-23-12-11-19(15-31-23)35(38)39/h1-15H. The topological polar surface area (TPSA) is 156 Å². The molecule has 0 aliphatic rings. The second-order valence-electron chi connectivity index (χ2n) is 8.56. The molecule has 15 heteroatoms. The Labute approximate surface area is 232 Å². The van der Waals surface area contributed by atoms with E-state index in [2.05, 4.69) is 15.1 Å². The Morgan fingerprint density at radius 2 is 1.69 bits per heavy atom. The van der Waals surface area contributed by atoms with Gasteiger partial charge in [0.25, 0.3) is 11.2 Å². The van der Waals surface area contributed by atoms with Gasteiger partial charge in [-0.3, -0.25) is 25.0 Å². The first-order valence-electron chi connectivity index (χ1n) is 11.8. The number of para-hydroxylation sites is 2. The first kappa shape index (κ1) is 27.6. The first-order valence-corrected chi connectivity index (χ1v) is 11.8. The van der Waals surface area contributed by atoms with Gasteiger partial charge in [-0.2, -0.15) is 22.9 Å². The molecule has 5 rings (SSSR count). The van der Waals surface area contributed by atoms with Crippen LogP contribution >= 0.6 is 0 Å². The molecule has 0 spiro atoms. The Bertz CT molecular complexity index is 1940. The highest BCUT2D eigenvalue weighted by molar-refractivity contribution is 5.86. The summed E-state index contributed by atoms with van der Waals surface area (Å²) < 4.78 is 46.7. The number of hydrogen-bond acceptors (Lipinski definition) is 9. The molecule has 0 amide bonds. The predicted octanol–water partition coefficient (Wildman–Crippen LogP) is 5.97. The van der Waals surface area contributed by atoms with E-state index in [-0.39, 0.29) is 45.2 Å². The molecule has 2 aromatic heterocycles. The van der Waals surface area contributed by atoms with Crippen LogP contribution in [0, 0.1) is 20.2 Å². The number of nitrogens with zero attached hydrogens (tertiary/aromatic N) is 6. The number of halogens is 3. The maximum Gasteiger partial charge on any atom is 0.416 e. The van der Waals surface area contributed by atoms with Gasteiger partial charge in [0.1, 0.15) is 6.20 Å². The van der Waals surface area contributed by atoms with Crippen molar-refractivity contribution in [2.24, 2.45) is 5.10 Å². The highest BCUT2D eigenvalue weighted by atomic mass is 19.4. The van der Waals surface area contributed by atoms with Crippen molar-refractivity contribution in [2.45, 2.75) is 6.18 Å². The third-order valence-corrected chi connectivity index (χ3v) is 5.87. The first-order chi connectivity index (χ1) is 20.0. The number of alkyl halides is 3. The van der Waals surface area contributed by atoms with E-state index >= 15 is 0 Å². The lowest BCUT2D eigenvalue weighted by Crippen LogP contribution is -2.20. The van der Waals surface area contributed by atoms with E-state index in [1.807, 2.05) is 0 Å². The number of nitro groups is 2. The molecule has 0 bridgehead atoms. The summed E-state index contributed by atoms with van der Waals surface area (Å²) in [4.78, 5) is 42.9. The van der Waals surface area contributed by atoms with Crippen LogP contribution in [0.1, 0.15) is 11.1 Å². The summed E-state index contributed by atoms with van der Waals surface area (Å²) in [5, 5.41) is 27.0. The van der Waals surface area contributed by atoms with E-state index in [9.17, 15) is 38.2 Å². The average molecular weight is 576 g/mol.